The minimum atomic E-state index is -0.150. The number of rotatable bonds is 7. The summed E-state index contributed by atoms with van der Waals surface area (Å²) in [5.74, 6) is 0.570. The third-order valence-corrected chi connectivity index (χ3v) is 3.79. The van der Waals surface area contributed by atoms with E-state index in [1.807, 2.05) is 31.2 Å². The summed E-state index contributed by atoms with van der Waals surface area (Å²) in [6.45, 7) is 4.02. The molecular formula is C21H24N2O3. The first-order chi connectivity index (χ1) is 12.5. The molecule has 0 unspecified atom stereocenters. The number of carbonyl (C=O) groups excluding carboxylic acids is 2. The van der Waals surface area contributed by atoms with Gasteiger partial charge in [0.25, 0.3) is 0 Å². The van der Waals surface area contributed by atoms with Crippen LogP contribution in [0.1, 0.15) is 23.6 Å². The molecule has 0 aliphatic heterocycles. The molecule has 0 radical (unpaired) electrons. The summed E-state index contributed by atoms with van der Waals surface area (Å²) in [5, 5.41) is 5.57. The van der Waals surface area contributed by atoms with Crippen LogP contribution in [0.5, 0.6) is 5.75 Å². The van der Waals surface area contributed by atoms with Gasteiger partial charge >= 0.3 is 0 Å². The molecule has 0 aliphatic rings. The molecule has 2 aromatic rings. The maximum absolute atomic E-state index is 12.0. The number of nitrogens with one attached hydrogen (secondary N) is 2. The molecule has 2 N–H and O–H groups in total. The average molecular weight is 352 g/mol. The number of benzene rings is 2. The Kier molecular flexibility index (Phi) is 6.97. The van der Waals surface area contributed by atoms with Crippen molar-refractivity contribution in [2.75, 3.05) is 19.0 Å². The largest absolute Gasteiger partial charge is 0.496 e. The Morgan fingerprint density at radius 2 is 1.85 bits per heavy atom. The van der Waals surface area contributed by atoms with Gasteiger partial charge in [0.05, 0.1) is 7.11 Å². The molecule has 2 rings (SSSR count). The van der Waals surface area contributed by atoms with Crippen LogP contribution in [0.25, 0.3) is 6.08 Å². The predicted octanol–water partition coefficient (Wildman–Crippen LogP) is 3.33. The highest BCUT2D eigenvalue weighted by Crippen LogP contribution is 2.19. The maximum Gasteiger partial charge on any atom is 0.244 e. The van der Waals surface area contributed by atoms with Crippen LogP contribution in [0.15, 0.2) is 48.5 Å². The predicted molar refractivity (Wildman–Crippen MR) is 104 cm³/mol. The summed E-state index contributed by atoms with van der Waals surface area (Å²) >= 11 is 0. The topological polar surface area (TPSA) is 67.4 Å². The van der Waals surface area contributed by atoms with E-state index in [0.29, 0.717) is 13.0 Å². The summed E-state index contributed by atoms with van der Waals surface area (Å²) in [7, 11) is 1.65. The van der Waals surface area contributed by atoms with Gasteiger partial charge in [-0.05, 0) is 48.7 Å². The first-order valence-corrected chi connectivity index (χ1v) is 8.45. The van der Waals surface area contributed by atoms with E-state index in [9.17, 15) is 9.59 Å². The Balaban J connectivity index is 1.84. The minimum Gasteiger partial charge on any atom is -0.496 e. The zero-order valence-corrected chi connectivity index (χ0v) is 15.3. The van der Waals surface area contributed by atoms with Gasteiger partial charge < -0.3 is 15.4 Å². The number of anilines is 1. The molecule has 0 fully saturated rings. The molecule has 5 heteroatoms. The molecule has 0 spiro atoms. The van der Waals surface area contributed by atoms with Crippen LogP contribution in [0, 0.1) is 6.92 Å². The van der Waals surface area contributed by atoms with E-state index in [0.717, 1.165) is 28.1 Å². The van der Waals surface area contributed by atoms with Crippen LogP contribution in [-0.4, -0.2) is 25.5 Å². The lowest BCUT2D eigenvalue weighted by atomic mass is 10.1. The van der Waals surface area contributed by atoms with Crippen LogP contribution >= 0.6 is 0 Å². The van der Waals surface area contributed by atoms with Gasteiger partial charge in [0, 0.05) is 25.2 Å². The zero-order chi connectivity index (χ0) is 18.9. The second-order valence-corrected chi connectivity index (χ2v) is 5.99. The average Bonchev–Trinajstić information content (AvgIpc) is 2.61. The van der Waals surface area contributed by atoms with Crippen molar-refractivity contribution >= 4 is 23.6 Å². The Bertz CT molecular complexity index is 795. The van der Waals surface area contributed by atoms with Crippen molar-refractivity contribution in [3.8, 4) is 5.75 Å². The molecule has 0 atom stereocenters. The maximum atomic E-state index is 12.0. The molecule has 0 aliphatic carbocycles. The first-order valence-electron chi connectivity index (χ1n) is 8.45. The van der Waals surface area contributed by atoms with Crippen molar-refractivity contribution in [3.05, 3.63) is 65.2 Å². The quantitative estimate of drug-likeness (QED) is 0.751. The summed E-state index contributed by atoms with van der Waals surface area (Å²) in [6, 6.07) is 13.3. The van der Waals surface area contributed by atoms with Gasteiger partial charge in [-0.25, -0.2) is 0 Å². The summed E-state index contributed by atoms with van der Waals surface area (Å²) < 4.78 is 5.34. The smallest absolute Gasteiger partial charge is 0.244 e. The lowest BCUT2D eigenvalue weighted by Gasteiger charge is -2.09. The number of carbonyl (C=O) groups is 2. The van der Waals surface area contributed by atoms with E-state index in [4.69, 9.17) is 4.74 Å². The molecule has 5 nitrogen and oxygen atoms in total. The number of hydrogen-bond donors (Lipinski definition) is 2. The van der Waals surface area contributed by atoms with Gasteiger partial charge in [0.2, 0.25) is 11.8 Å². The number of methoxy groups -OCH3 is 1. The minimum absolute atomic E-state index is 0.113. The van der Waals surface area contributed by atoms with Gasteiger partial charge in [-0.15, -0.1) is 0 Å². The van der Waals surface area contributed by atoms with Crippen LogP contribution in [0.3, 0.4) is 0 Å². The van der Waals surface area contributed by atoms with E-state index in [-0.39, 0.29) is 11.8 Å². The number of ether oxygens (including phenoxy) is 1. The number of amides is 2. The SMILES string of the molecule is COc1ccc(C)cc1CCNC(=O)/C=C/c1ccc(NC(C)=O)cc1. The van der Waals surface area contributed by atoms with Gasteiger partial charge in [0.1, 0.15) is 5.75 Å². The fourth-order valence-electron chi connectivity index (χ4n) is 2.53. The summed E-state index contributed by atoms with van der Waals surface area (Å²) in [6.07, 6.45) is 3.94. The highest BCUT2D eigenvalue weighted by molar-refractivity contribution is 5.92. The normalized spacial score (nSPS) is 10.6. The Morgan fingerprint density at radius 1 is 1.12 bits per heavy atom. The number of hydrogen-bond acceptors (Lipinski definition) is 3. The molecule has 26 heavy (non-hydrogen) atoms. The van der Waals surface area contributed by atoms with Gasteiger partial charge in [-0.1, -0.05) is 29.8 Å². The van der Waals surface area contributed by atoms with E-state index in [2.05, 4.69) is 16.7 Å². The lowest BCUT2D eigenvalue weighted by molar-refractivity contribution is -0.116. The van der Waals surface area contributed by atoms with Gasteiger partial charge in [0.15, 0.2) is 0 Å². The van der Waals surface area contributed by atoms with Crippen LogP contribution in [0.2, 0.25) is 0 Å². The molecule has 0 bridgehead atoms. The third kappa shape index (κ3) is 6.09. The van der Waals surface area contributed by atoms with E-state index in [1.54, 1.807) is 25.3 Å². The molecule has 2 amide bonds. The standard InChI is InChI=1S/C21H24N2O3/c1-15-4-10-20(26-3)18(14-15)12-13-22-21(25)11-7-17-5-8-19(9-6-17)23-16(2)24/h4-11,14H,12-13H2,1-3H3,(H,22,25)(H,23,24)/b11-7+. The molecule has 0 aromatic heterocycles. The summed E-state index contributed by atoms with van der Waals surface area (Å²) in [5.41, 5.74) is 3.85. The highest BCUT2D eigenvalue weighted by Gasteiger charge is 2.04. The van der Waals surface area contributed by atoms with E-state index >= 15 is 0 Å². The van der Waals surface area contributed by atoms with Gasteiger partial charge in [-0.2, -0.15) is 0 Å². The van der Waals surface area contributed by atoms with Crippen molar-refractivity contribution in [3.63, 3.8) is 0 Å². The molecule has 0 saturated carbocycles. The zero-order valence-electron chi connectivity index (χ0n) is 15.3. The fourth-order valence-corrected chi connectivity index (χ4v) is 2.53. The first kappa shape index (κ1) is 19.2. The van der Waals surface area contributed by atoms with Crippen molar-refractivity contribution < 1.29 is 14.3 Å². The van der Waals surface area contributed by atoms with Crippen molar-refractivity contribution in [2.45, 2.75) is 20.3 Å². The van der Waals surface area contributed by atoms with Crippen LogP contribution in [-0.2, 0) is 16.0 Å². The molecule has 136 valence electrons. The van der Waals surface area contributed by atoms with Gasteiger partial charge in [-0.3, -0.25) is 9.59 Å². The second kappa shape index (κ2) is 9.42. The van der Waals surface area contributed by atoms with E-state index < -0.39 is 0 Å². The van der Waals surface area contributed by atoms with Crippen molar-refractivity contribution in [1.29, 1.82) is 0 Å². The third-order valence-electron chi connectivity index (χ3n) is 3.79. The van der Waals surface area contributed by atoms with Crippen molar-refractivity contribution in [2.24, 2.45) is 0 Å². The van der Waals surface area contributed by atoms with Crippen molar-refractivity contribution in [1.82, 2.24) is 5.32 Å². The highest BCUT2D eigenvalue weighted by atomic mass is 16.5. The van der Waals surface area contributed by atoms with E-state index in [1.165, 1.54) is 13.0 Å². The summed E-state index contributed by atoms with van der Waals surface area (Å²) in [4.78, 5) is 22.9. The molecule has 2 aromatic carbocycles. The molecular weight excluding hydrogens is 328 g/mol. The lowest BCUT2D eigenvalue weighted by Crippen LogP contribution is -2.23. The van der Waals surface area contributed by atoms with Crippen LogP contribution in [0.4, 0.5) is 5.69 Å². The fraction of sp³-hybridized carbons (Fsp3) is 0.238. The Labute approximate surface area is 154 Å². The molecule has 0 heterocycles. The Morgan fingerprint density at radius 3 is 2.50 bits per heavy atom. The second-order valence-electron chi connectivity index (χ2n) is 5.99. The molecule has 0 saturated heterocycles. The number of aryl methyl sites for hydroxylation is 1. The van der Waals surface area contributed by atoms with Crippen LogP contribution < -0.4 is 15.4 Å². The monoisotopic (exact) mass is 352 g/mol. The Hall–Kier alpha value is -3.08.